The summed E-state index contributed by atoms with van der Waals surface area (Å²) >= 11 is 6.42. The molecule has 2 heterocycles. The van der Waals surface area contributed by atoms with Crippen molar-refractivity contribution in [1.29, 1.82) is 0 Å². The van der Waals surface area contributed by atoms with Crippen LogP contribution < -0.4 is 10.2 Å². The van der Waals surface area contributed by atoms with E-state index in [1.54, 1.807) is 15.6 Å². The molecule has 0 saturated heterocycles. The summed E-state index contributed by atoms with van der Waals surface area (Å²) in [6.45, 7) is 7.77. The summed E-state index contributed by atoms with van der Waals surface area (Å²) in [6, 6.07) is 22.8. The number of unbranched alkanes of at least 4 members (excludes halogenated alkanes) is 2. The van der Waals surface area contributed by atoms with Gasteiger partial charge in [0.1, 0.15) is 0 Å². The maximum Gasteiger partial charge on any atom is 0.274 e. The number of fused-ring (bicyclic) bond motifs is 1. The van der Waals surface area contributed by atoms with Gasteiger partial charge < -0.3 is 19.9 Å². The zero-order valence-corrected chi connectivity index (χ0v) is 28.6. The van der Waals surface area contributed by atoms with Crippen LogP contribution in [0.5, 0.6) is 0 Å². The molecule has 2 radical (unpaired) electrons. The van der Waals surface area contributed by atoms with Crippen molar-refractivity contribution in [2.45, 2.75) is 65.5 Å². The first-order valence-electron chi connectivity index (χ1n) is 16.1. The van der Waals surface area contributed by atoms with Gasteiger partial charge in [-0.25, -0.2) is 4.68 Å². The molecular weight excluding hydrogens is 614 g/mol. The van der Waals surface area contributed by atoms with E-state index in [2.05, 4.69) is 24.9 Å². The molecule has 46 heavy (non-hydrogen) atoms. The number of carbonyl (C=O) groups excluding carboxylic acids is 2. The Morgan fingerprint density at radius 2 is 1.70 bits per heavy atom. The highest BCUT2D eigenvalue weighted by Crippen LogP contribution is 2.29. The largest absolute Gasteiger partial charge is 0.408 e. The number of hydrogen-bond acceptors (Lipinski definition) is 5. The first-order valence-corrected chi connectivity index (χ1v) is 17.5. The molecule has 0 spiro atoms. The standard InChI is InChI=1S/C36H42ClN5O3Si/c1-4-6-18-40(19-7-5-2)36(45)32-20-25(3)42(38-32)33-17-16-28(39-46-34-15-11-10-14-31(34)37)22-30(33)35(44)41-23-27-13-9-8-12-26(27)21-29(41)24-43/h8-17,20,22,29,39,43H,4-7,18-19,21,23-24H2,1-3H3/t29-/m0/s1. The quantitative estimate of drug-likeness (QED) is 0.178. The van der Waals surface area contributed by atoms with Crippen LogP contribution in [0.15, 0.2) is 72.8 Å². The van der Waals surface area contributed by atoms with E-state index < -0.39 is 0 Å². The number of nitrogens with zero attached hydrogens (tertiary/aromatic N) is 4. The molecule has 0 aliphatic carbocycles. The van der Waals surface area contributed by atoms with Crippen LogP contribution in [0.2, 0.25) is 5.02 Å². The number of anilines is 1. The maximum atomic E-state index is 14.5. The van der Waals surface area contributed by atoms with Crippen LogP contribution >= 0.6 is 11.6 Å². The maximum absolute atomic E-state index is 14.5. The van der Waals surface area contributed by atoms with Crippen LogP contribution in [0.4, 0.5) is 5.69 Å². The smallest absolute Gasteiger partial charge is 0.274 e. The molecule has 0 bridgehead atoms. The van der Waals surface area contributed by atoms with Crippen molar-refractivity contribution in [2.75, 3.05) is 24.7 Å². The van der Waals surface area contributed by atoms with Gasteiger partial charge in [-0.05, 0) is 72.8 Å². The number of aliphatic hydroxyl groups is 1. The molecule has 0 unspecified atom stereocenters. The molecule has 5 rings (SSSR count). The molecule has 2 amide bonds. The molecule has 0 fully saturated rings. The molecule has 4 aromatic rings. The Labute approximate surface area is 279 Å². The molecule has 1 aliphatic rings. The number of aromatic nitrogens is 2. The first kappa shape index (κ1) is 33.4. The predicted octanol–water partition coefficient (Wildman–Crippen LogP) is 5.79. The van der Waals surface area contributed by atoms with Crippen molar-refractivity contribution >= 4 is 44.0 Å². The van der Waals surface area contributed by atoms with E-state index in [0.29, 0.717) is 48.0 Å². The molecule has 8 nitrogen and oxygen atoms in total. The summed E-state index contributed by atoms with van der Waals surface area (Å²) in [5, 5.41) is 16.8. The average molecular weight is 656 g/mol. The van der Waals surface area contributed by atoms with E-state index in [9.17, 15) is 14.7 Å². The molecule has 1 atom stereocenters. The van der Waals surface area contributed by atoms with Crippen LogP contribution in [0.25, 0.3) is 5.69 Å². The third-order valence-corrected chi connectivity index (χ3v) is 10.1. The minimum atomic E-state index is -0.363. The molecule has 1 aliphatic heterocycles. The van der Waals surface area contributed by atoms with E-state index in [0.717, 1.165) is 53.4 Å². The topological polar surface area (TPSA) is 90.7 Å². The van der Waals surface area contributed by atoms with Crippen molar-refractivity contribution in [3.05, 3.63) is 106 Å². The molecule has 3 aromatic carbocycles. The Morgan fingerprint density at radius 3 is 2.39 bits per heavy atom. The van der Waals surface area contributed by atoms with Gasteiger partial charge in [-0.3, -0.25) is 9.59 Å². The number of aliphatic hydroxyl groups excluding tert-OH is 1. The number of aryl methyl sites for hydroxylation is 1. The van der Waals surface area contributed by atoms with Crippen LogP contribution in [0.1, 0.15) is 77.2 Å². The summed E-state index contributed by atoms with van der Waals surface area (Å²) in [7, 11) is 0.186. The lowest BCUT2D eigenvalue weighted by Crippen LogP contribution is -2.46. The van der Waals surface area contributed by atoms with E-state index in [-0.39, 0.29) is 34.1 Å². The lowest BCUT2D eigenvalue weighted by Gasteiger charge is -2.36. The second-order valence-corrected chi connectivity index (χ2v) is 13.2. The van der Waals surface area contributed by atoms with Gasteiger partial charge in [0.2, 0.25) is 9.68 Å². The fourth-order valence-corrected chi connectivity index (χ4v) is 6.91. The molecule has 1 aromatic heterocycles. The van der Waals surface area contributed by atoms with Gasteiger partial charge in [-0.15, -0.1) is 0 Å². The minimum Gasteiger partial charge on any atom is -0.408 e. The highest BCUT2D eigenvalue weighted by Gasteiger charge is 2.32. The number of amides is 2. The van der Waals surface area contributed by atoms with Crippen molar-refractivity contribution in [3.63, 3.8) is 0 Å². The Kier molecular flexibility index (Phi) is 11.3. The van der Waals surface area contributed by atoms with Crippen molar-refractivity contribution in [3.8, 4) is 5.69 Å². The van der Waals surface area contributed by atoms with Crippen LogP contribution in [0, 0.1) is 6.92 Å². The van der Waals surface area contributed by atoms with Crippen molar-refractivity contribution in [2.24, 2.45) is 0 Å². The monoisotopic (exact) mass is 655 g/mol. The predicted molar refractivity (Wildman–Crippen MR) is 185 cm³/mol. The van der Waals surface area contributed by atoms with Crippen LogP contribution in [-0.4, -0.2) is 71.9 Å². The summed E-state index contributed by atoms with van der Waals surface area (Å²) in [4.78, 5) is 35.2. The average Bonchev–Trinajstić information content (AvgIpc) is 3.47. The second kappa shape index (κ2) is 15.6. The molecule has 0 saturated carbocycles. The van der Waals surface area contributed by atoms with Gasteiger partial charge in [-0.2, -0.15) is 5.10 Å². The zero-order chi connectivity index (χ0) is 32.6. The number of halogens is 1. The fraction of sp³-hybridized carbons (Fsp3) is 0.361. The number of carbonyl (C=O) groups is 2. The third kappa shape index (κ3) is 7.54. The van der Waals surface area contributed by atoms with Crippen LogP contribution in [0.3, 0.4) is 0 Å². The van der Waals surface area contributed by atoms with Crippen molar-refractivity contribution in [1.82, 2.24) is 19.6 Å². The summed E-state index contributed by atoms with van der Waals surface area (Å²) in [6.07, 6.45) is 4.44. The molecule has 2 N–H and O–H groups in total. The number of rotatable bonds is 13. The van der Waals surface area contributed by atoms with Gasteiger partial charge in [-0.1, -0.05) is 80.8 Å². The third-order valence-electron chi connectivity index (χ3n) is 8.45. The number of benzene rings is 3. The van der Waals surface area contributed by atoms with Crippen molar-refractivity contribution < 1.29 is 14.7 Å². The summed E-state index contributed by atoms with van der Waals surface area (Å²) in [5.74, 6) is -0.299. The van der Waals surface area contributed by atoms with E-state index in [1.807, 2.05) is 72.5 Å². The highest BCUT2D eigenvalue weighted by molar-refractivity contribution is 6.61. The van der Waals surface area contributed by atoms with Crippen LogP contribution in [-0.2, 0) is 13.0 Å². The summed E-state index contributed by atoms with van der Waals surface area (Å²) < 4.78 is 1.70. The summed E-state index contributed by atoms with van der Waals surface area (Å²) in [5.41, 5.74) is 5.11. The Morgan fingerprint density at radius 1 is 1.00 bits per heavy atom. The highest BCUT2D eigenvalue weighted by atomic mass is 35.5. The molecule has 10 heteroatoms. The fourth-order valence-electron chi connectivity index (χ4n) is 5.81. The van der Waals surface area contributed by atoms with Gasteiger partial charge in [0.15, 0.2) is 5.69 Å². The first-order chi connectivity index (χ1) is 22.3. The number of hydrogen-bond donors (Lipinski definition) is 2. The number of nitrogens with one attached hydrogen (secondary N) is 1. The van der Waals surface area contributed by atoms with Gasteiger partial charge in [0, 0.05) is 36.0 Å². The Balaban J connectivity index is 1.52. The lowest BCUT2D eigenvalue weighted by molar-refractivity contribution is 0.0544. The van der Waals surface area contributed by atoms with E-state index in [4.69, 9.17) is 16.7 Å². The van der Waals surface area contributed by atoms with E-state index in [1.165, 1.54) is 0 Å². The van der Waals surface area contributed by atoms with E-state index >= 15 is 0 Å². The lowest BCUT2D eigenvalue weighted by atomic mass is 9.93. The Bertz CT molecular complexity index is 1670. The second-order valence-electron chi connectivity index (χ2n) is 11.8. The normalized spacial score (nSPS) is 14.2. The minimum absolute atomic E-state index is 0.0937. The Hall–Kier alpha value is -3.92. The van der Waals surface area contributed by atoms with Gasteiger partial charge in [0.25, 0.3) is 11.8 Å². The SMILES string of the molecule is CCCCN(CCCC)C(=O)c1cc(C)n(-c2ccc(N[Si]c3ccccc3Cl)cc2C(=O)N2Cc3ccccc3C[C@H]2CO)n1. The molecular formula is C36H42ClN5O3Si. The zero-order valence-electron chi connectivity index (χ0n) is 26.8. The van der Waals surface area contributed by atoms with Gasteiger partial charge >= 0.3 is 0 Å². The molecule has 240 valence electrons. The van der Waals surface area contributed by atoms with Gasteiger partial charge in [0.05, 0.1) is 23.9 Å².